The minimum absolute atomic E-state index is 0.101. The van der Waals surface area contributed by atoms with Crippen LogP contribution in [0.25, 0.3) is 16.9 Å². The largest absolute Gasteiger partial charge is 0.480 e. The molecule has 0 radical (unpaired) electrons. The van der Waals surface area contributed by atoms with E-state index in [0.717, 1.165) is 6.26 Å². The molecule has 0 aliphatic carbocycles. The Morgan fingerprint density at radius 3 is 2.28 bits per heavy atom. The molecule has 36 heavy (non-hydrogen) atoms. The summed E-state index contributed by atoms with van der Waals surface area (Å²) >= 11 is 0. The average molecular weight is 520 g/mol. The molecule has 0 aliphatic rings. The number of carboxylic acid groups (broad SMARTS) is 1. The van der Waals surface area contributed by atoms with Crippen molar-refractivity contribution in [3.8, 4) is 16.9 Å². The SMILES string of the molecule is CCC(CC(N)(C(=O)O)c1cc(-c2ccc(S(C)(=O)=O)cc2)n(-c2ccc(F)cc2)c1C)O[N+](=O)[O-]. The smallest absolute Gasteiger partial charge is 0.328 e. The van der Waals surface area contributed by atoms with Crippen LogP contribution < -0.4 is 5.73 Å². The van der Waals surface area contributed by atoms with E-state index in [4.69, 9.17) is 5.73 Å². The third-order valence-electron chi connectivity index (χ3n) is 6.01. The zero-order valence-corrected chi connectivity index (χ0v) is 20.7. The van der Waals surface area contributed by atoms with Crippen molar-refractivity contribution < 1.29 is 32.6 Å². The summed E-state index contributed by atoms with van der Waals surface area (Å²) in [6.45, 7) is 3.24. The van der Waals surface area contributed by atoms with E-state index in [1.54, 1.807) is 36.6 Å². The minimum Gasteiger partial charge on any atom is -0.480 e. The topological polar surface area (TPSA) is 155 Å². The van der Waals surface area contributed by atoms with E-state index < -0.39 is 38.4 Å². The lowest BCUT2D eigenvalue weighted by Crippen LogP contribution is -2.48. The van der Waals surface area contributed by atoms with Crippen LogP contribution in [0.1, 0.15) is 31.0 Å². The fourth-order valence-corrected chi connectivity index (χ4v) is 4.75. The lowest BCUT2D eigenvalue weighted by Gasteiger charge is -2.28. The van der Waals surface area contributed by atoms with Gasteiger partial charge in [0.05, 0.1) is 10.6 Å². The van der Waals surface area contributed by atoms with Crippen LogP contribution in [-0.4, -0.2) is 41.5 Å². The molecule has 1 heterocycles. The van der Waals surface area contributed by atoms with Crippen molar-refractivity contribution in [1.82, 2.24) is 4.57 Å². The van der Waals surface area contributed by atoms with Crippen molar-refractivity contribution in [2.75, 3.05) is 6.26 Å². The van der Waals surface area contributed by atoms with E-state index in [-0.39, 0.29) is 23.3 Å². The van der Waals surface area contributed by atoms with E-state index in [1.165, 1.54) is 36.4 Å². The van der Waals surface area contributed by atoms with E-state index in [1.807, 2.05) is 0 Å². The van der Waals surface area contributed by atoms with E-state index in [0.29, 0.717) is 22.6 Å². The second kappa shape index (κ2) is 10.1. The average Bonchev–Trinajstić information content (AvgIpc) is 3.15. The first-order chi connectivity index (χ1) is 16.8. The van der Waals surface area contributed by atoms with Gasteiger partial charge in [-0.15, -0.1) is 10.1 Å². The Morgan fingerprint density at radius 2 is 1.81 bits per heavy atom. The molecule has 2 atom stereocenters. The van der Waals surface area contributed by atoms with Gasteiger partial charge in [0.2, 0.25) is 0 Å². The molecule has 0 fully saturated rings. The molecule has 3 rings (SSSR count). The van der Waals surface area contributed by atoms with Crippen LogP contribution in [0.2, 0.25) is 0 Å². The summed E-state index contributed by atoms with van der Waals surface area (Å²) in [6.07, 6.45) is -0.240. The summed E-state index contributed by atoms with van der Waals surface area (Å²) in [6, 6.07) is 13.0. The second-order valence-electron chi connectivity index (χ2n) is 8.48. The van der Waals surface area contributed by atoms with E-state index in [2.05, 4.69) is 4.84 Å². The van der Waals surface area contributed by atoms with Crippen molar-refractivity contribution in [3.05, 3.63) is 81.8 Å². The predicted octanol–water partition coefficient (Wildman–Crippen LogP) is 3.61. The number of benzene rings is 2. The van der Waals surface area contributed by atoms with Crippen LogP contribution in [0.15, 0.2) is 59.5 Å². The maximum Gasteiger partial charge on any atom is 0.328 e. The zero-order valence-electron chi connectivity index (χ0n) is 19.8. The Hall–Kier alpha value is -3.77. The van der Waals surface area contributed by atoms with Crippen LogP contribution in [0.4, 0.5) is 4.39 Å². The highest BCUT2D eigenvalue weighted by molar-refractivity contribution is 7.90. The highest BCUT2D eigenvalue weighted by Gasteiger charge is 2.42. The molecule has 2 unspecified atom stereocenters. The van der Waals surface area contributed by atoms with Gasteiger partial charge in [0, 0.05) is 29.6 Å². The zero-order chi connectivity index (χ0) is 26.8. The Labute approximate surface area is 207 Å². The van der Waals surface area contributed by atoms with Crippen molar-refractivity contribution in [1.29, 1.82) is 0 Å². The monoisotopic (exact) mass is 519 g/mol. The number of aromatic nitrogens is 1. The van der Waals surface area contributed by atoms with Gasteiger partial charge < -0.3 is 20.2 Å². The van der Waals surface area contributed by atoms with Gasteiger partial charge in [-0.3, -0.25) is 0 Å². The van der Waals surface area contributed by atoms with Crippen LogP contribution in [-0.2, 0) is 25.0 Å². The number of carboxylic acids is 1. The first-order valence-electron chi connectivity index (χ1n) is 10.9. The second-order valence-corrected chi connectivity index (χ2v) is 10.5. The standard InChI is InChI=1S/C24H26FN3O7S/c1-4-19(35-28(31)32)14-24(26,23(29)30)21-13-22(16-5-11-20(12-6-16)36(3,33)34)27(15(21)2)18-9-7-17(25)8-10-18/h5-13,19H,4,14,26H2,1-3H3,(H,29,30). The lowest BCUT2D eigenvalue weighted by molar-refractivity contribution is -0.769. The van der Waals surface area contributed by atoms with Crippen LogP contribution >= 0.6 is 0 Å². The summed E-state index contributed by atoms with van der Waals surface area (Å²) in [4.78, 5) is 28.1. The van der Waals surface area contributed by atoms with Gasteiger partial charge in [-0.1, -0.05) is 19.1 Å². The molecule has 0 saturated carbocycles. The molecule has 10 nitrogen and oxygen atoms in total. The number of nitrogens with zero attached hydrogens (tertiary/aromatic N) is 2. The Bertz CT molecular complexity index is 1390. The lowest BCUT2D eigenvalue weighted by atomic mass is 9.84. The molecule has 0 bridgehead atoms. The first-order valence-corrected chi connectivity index (χ1v) is 12.8. The number of nitrogens with two attached hydrogens (primary N) is 1. The fourth-order valence-electron chi connectivity index (χ4n) is 4.12. The molecule has 12 heteroatoms. The fraction of sp³-hybridized carbons (Fsp3) is 0.292. The number of halogens is 1. The number of rotatable bonds is 10. The van der Waals surface area contributed by atoms with Crippen molar-refractivity contribution >= 4 is 15.8 Å². The van der Waals surface area contributed by atoms with Crippen LogP contribution in [0.3, 0.4) is 0 Å². The molecule has 0 saturated heterocycles. The highest BCUT2D eigenvalue weighted by Crippen LogP contribution is 2.37. The molecule has 0 spiro atoms. The molecular formula is C24H26FN3O7S. The van der Waals surface area contributed by atoms with E-state index >= 15 is 0 Å². The van der Waals surface area contributed by atoms with Gasteiger partial charge in [0.15, 0.2) is 9.84 Å². The summed E-state index contributed by atoms with van der Waals surface area (Å²) in [7, 11) is -3.45. The maximum atomic E-state index is 13.6. The summed E-state index contributed by atoms with van der Waals surface area (Å²) in [5.41, 5.74) is 6.44. The normalized spacial score (nSPS) is 14.1. The quantitative estimate of drug-likeness (QED) is 0.304. The number of hydrogen-bond donors (Lipinski definition) is 2. The minimum atomic E-state index is -3.45. The third kappa shape index (κ3) is 5.39. The Kier molecular flexibility index (Phi) is 7.51. The Balaban J connectivity index is 2.25. The first kappa shape index (κ1) is 26.8. The highest BCUT2D eigenvalue weighted by atomic mass is 32.2. The van der Waals surface area contributed by atoms with Crippen molar-refractivity contribution in [2.24, 2.45) is 5.73 Å². The molecular weight excluding hydrogens is 493 g/mol. The number of carbonyl (C=O) groups is 1. The summed E-state index contributed by atoms with van der Waals surface area (Å²) in [5, 5.41) is 20.0. The maximum absolute atomic E-state index is 13.6. The summed E-state index contributed by atoms with van der Waals surface area (Å²) in [5.74, 6) is -1.88. The predicted molar refractivity (Wildman–Crippen MR) is 129 cm³/mol. The molecule has 3 N–H and O–H groups in total. The van der Waals surface area contributed by atoms with Gasteiger partial charge in [0.25, 0.3) is 5.09 Å². The van der Waals surface area contributed by atoms with Crippen LogP contribution in [0.5, 0.6) is 0 Å². The molecule has 1 aromatic heterocycles. The van der Waals surface area contributed by atoms with Crippen LogP contribution in [0, 0.1) is 22.9 Å². The van der Waals surface area contributed by atoms with Gasteiger partial charge in [-0.25, -0.2) is 17.6 Å². The molecule has 0 aliphatic heterocycles. The number of sulfone groups is 1. The molecule has 3 aromatic rings. The number of aliphatic carboxylic acids is 1. The van der Waals surface area contributed by atoms with Crippen molar-refractivity contribution in [2.45, 2.75) is 43.2 Å². The Morgan fingerprint density at radius 1 is 1.22 bits per heavy atom. The molecule has 0 amide bonds. The molecule has 192 valence electrons. The number of hydrogen-bond acceptors (Lipinski definition) is 7. The molecule has 2 aromatic carbocycles. The third-order valence-corrected chi connectivity index (χ3v) is 7.14. The van der Waals surface area contributed by atoms with Gasteiger partial charge in [-0.05, 0) is 61.4 Å². The summed E-state index contributed by atoms with van der Waals surface area (Å²) < 4.78 is 39.1. The van der Waals surface area contributed by atoms with Gasteiger partial charge >= 0.3 is 5.97 Å². The van der Waals surface area contributed by atoms with Crippen molar-refractivity contribution in [3.63, 3.8) is 0 Å². The van der Waals surface area contributed by atoms with Gasteiger partial charge in [-0.2, -0.15) is 0 Å². The van der Waals surface area contributed by atoms with E-state index in [9.17, 15) is 32.8 Å². The van der Waals surface area contributed by atoms with Gasteiger partial charge in [0.1, 0.15) is 17.5 Å².